The first-order valence-corrected chi connectivity index (χ1v) is 7.25. The highest BCUT2D eigenvalue weighted by molar-refractivity contribution is 7.18. The van der Waals surface area contributed by atoms with Crippen molar-refractivity contribution >= 4 is 27.4 Å². The van der Waals surface area contributed by atoms with E-state index in [9.17, 15) is 0 Å². The molecule has 0 aliphatic heterocycles. The number of nitrogens with one attached hydrogen (secondary N) is 1. The Kier molecular flexibility index (Phi) is 4.03. The van der Waals surface area contributed by atoms with Crippen LogP contribution < -0.4 is 11.3 Å². The molecule has 5 nitrogen and oxygen atoms in total. The number of thiophene rings is 1. The highest BCUT2D eigenvalue weighted by Crippen LogP contribution is 2.32. The molecular weight excluding hydrogens is 260 g/mol. The van der Waals surface area contributed by atoms with Gasteiger partial charge in [0, 0.05) is 11.5 Å². The highest BCUT2D eigenvalue weighted by Gasteiger charge is 2.26. The number of hydrogen-bond acceptors (Lipinski definition) is 6. The van der Waals surface area contributed by atoms with Gasteiger partial charge in [0.05, 0.1) is 5.39 Å². The Balaban J connectivity index is 2.58. The third-order valence-electron chi connectivity index (χ3n) is 2.97. The van der Waals surface area contributed by atoms with Crippen molar-refractivity contribution in [2.75, 3.05) is 12.0 Å². The number of nitrogen functional groups attached to an aromatic ring is 1. The van der Waals surface area contributed by atoms with Crippen LogP contribution in [-0.2, 0) is 16.8 Å². The standard InChI is InChI=1S/C13H20N4OS/c1-5-8-7-9-10(17-14)15-12(16-11(9)19-8)13(3,4)18-6-2/h7H,5-6,14H2,1-4H3,(H,15,16,17). The third kappa shape index (κ3) is 2.70. The lowest BCUT2D eigenvalue weighted by Gasteiger charge is -2.23. The first kappa shape index (κ1) is 14.2. The van der Waals surface area contributed by atoms with Crippen molar-refractivity contribution in [3.05, 3.63) is 16.8 Å². The Hall–Kier alpha value is -1.24. The van der Waals surface area contributed by atoms with Crippen molar-refractivity contribution < 1.29 is 4.74 Å². The van der Waals surface area contributed by atoms with Crippen LogP contribution in [0.1, 0.15) is 38.4 Å². The van der Waals surface area contributed by atoms with E-state index in [4.69, 9.17) is 10.6 Å². The van der Waals surface area contributed by atoms with Gasteiger partial charge in [-0.2, -0.15) is 0 Å². The number of anilines is 1. The predicted molar refractivity (Wildman–Crippen MR) is 79.3 cm³/mol. The van der Waals surface area contributed by atoms with Crippen LogP contribution in [0.5, 0.6) is 0 Å². The molecule has 0 bridgehead atoms. The molecule has 0 spiro atoms. The summed E-state index contributed by atoms with van der Waals surface area (Å²) in [6, 6.07) is 2.09. The molecule has 0 saturated carbocycles. The van der Waals surface area contributed by atoms with Gasteiger partial charge in [-0.3, -0.25) is 0 Å². The molecule has 2 aromatic rings. The van der Waals surface area contributed by atoms with E-state index in [1.807, 2.05) is 20.8 Å². The molecule has 104 valence electrons. The second kappa shape index (κ2) is 5.40. The average molecular weight is 280 g/mol. The Labute approximate surface area is 117 Å². The normalized spacial score (nSPS) is 12.1. The Morgan fingerprint density at radius 1 is 1.37 bits per heavy atom. The van der Waals surface area contributed by atoms with E-state index in [-0.39, 0.29) is 0 Å². The van der Waals surface area contributed by atoms with Crippen LogP contribution in [0.4, 0.5) is 5.82 Å². The number of hydrazine groups is 1. The van der Waals surface area contributed by atoms with Gasteiger partial charge in [-0.05, 0) is 33.3 Å². The van der Waals surface area contributed by atoms with Crippen molar-refractivity contribution in [3.63, 3.8) is 0 Å². The van der Waals surface area contributed by atoms with Gasteiger partial charge in [0.2, 0.25) is 0 Å². The number of nitrogens with two attached hydrogens (primary N) is 1. The molecule has 6 heteroatoms. The van der Waals surface area contributed by atoms with Crippen LogP contribution in [0.2, 0.25) is 0 Å². The molecule has 0 amide bonds. The Morgan fingerprint density at radius 2 is 2.11 bits per heavy atom. The van der Waals surface area contributed by atoms with Crippen LogP contribution in [-0.4, -0.2) is 16.6 Å². The fourth-order valence-corrected chi connectivity index (χ4v) is 2.92. The number of fused-ring (bicyclic) bond motifs is 1. The summed E-state index contributed by atoms with van der Waals surface area (Å²) < 4.78 is 5.71. The average Bonchev–Trinajstić information content (AvgIpc) is 2.80. The maximum Gasteiger partial charge on any atom is 0.163 e. The lowest BCUT2D eigenvalue weighted by molar-refractivity contribution is -0.0204. The molecule has 0 atom stereocenters. The summed E-state index contributed by atoms with van der Waals surface area (Å²) in [6.45, 7) is 8.63. The molecule has 0 radical (unpaired) electrons. The topological polar surface area (TPSA) is 73.1 Å². The summed E-state index contributed by atoms with van der Waals surface area (Å²) in [6.07, 6.45) is 0.981. The zero-order valence-corrected chi connectivity index (χ0v) is 12.6. The molecule has 2 rings (SSSR count). The summed E-state index contributed by atoms with van der Waals surface area (Å²) in [5.41, 5.74) is 2.14. The van der Waals surface area contributed by atoms with E-state index in [0.717, 1.165) is 16.6 Å². The second-order valence-electron chi connectivity index (χ2n) is 4.77. The predicted octanol–water partition coefficient (Wildman–Crippen LogP) is 2.81. The van der Waals surface area contributed by atoms with E-state index in [1.165, 1.54) is 4.88 Å². The molecule has 0 unspecified atom stereocenters. The van der Waals surface area contributed by atoms with Crippen LogP contribution in [0, 0.1) is 0 Å². The van der Waals surface area contributed by atoms with Crippen molar-refractivity contribution in [2.45, 2.75) is 39.7 Å². The van der Waals surface area contributed by atoms with Crippen LogP contribution in [0.15, 0.2) is 6.07 Å². The first-order valence-electron chi connectivity index (χ1n) is 6.43. The van der Waals surface area contributed by atoms with Gasteiger partial charge >= 0.3 is 0 Å². The Bertz CT molecular complexity index is 579. The van der Waals surface area contributed by atoms with Crippen molar-refractivity contribution in [1.82, 2.24) is 9.97 Å². The van der Waals surface area contributed by atoms with E-state index in [2.05, 4.69) is 28.4 Å². The molecule has 19 heavy (non-hydrogen) atoms. The lowest BCUT2D eigenvalue weighted by atomic mass is 10.1. The summed E-state index contributed by atoms with van der Waals surface area (Å²) in [7, 11) is 0. The highest BCUT2D eigenvalue weighted by atomic mass is 32.1. The minimum absolute atomic E-state index is 0.523. The van der Waals surface area contributed by atoms with Gasteiger partial charge in [0.1, 0.15) is 10.4 Å². The zero-order valence-electron chi connectivity index (χ0n) is 11.8. The molecule has 0 aliphatic carbocycles. The molecule has 3 N–H and O–H groups in total. The number of rotatable bonds is 5. The van der Waals surface area contributed by atoms with Crippen LogP contribution in [0.3, 0.4) is 0 Å². The first-order chi connectivity index (χ1) is 9.01. The summed E-state index contributed by atoms with van der Waals surface area (Å²) in [5.74, 6) is 6.88. The quantitative estimate of drug-likeness (QED) is 0.651. The number of aromatic nitrogens is 2. The van der Waals surface area contributed by atoms with Crippen LogP contribution >= 0.6 is 11.3 Å². The number of hydrogen-bond donors (Lipinski definition) is 2. The maximum absolute atomic E-state index is 5.71. The molecule has 0 saturated heterocycles. The van der Waals surface area contributed by atoms with Gasteiger partial charge < -0.3 is 10.2 Å². The Morgan fingerprint density at radius 3 is 2.68 bits per heavy atom. The van der Waals surface area contributed by atoms with Crippen molar-refractivity contribution in [1.29, 1.82) is 0 Å². The summed E-state index contributed by atoms with van der Waals surface area (Å²) in [5, 5.41) is 0.973. The monoisotopic (exact) mass is 280 g/mol. The van der Waals surface area contributed by atoms with E-state index in [0.29, 0.717) is 18.2 Å². The molecular formula is C13H20N4OS. The van der Waals surface area contributed by atoms with Gasteiger partial charge in [0.15, 0.2) is 11.6 Å². The minimum Gasteiger partial charge on any atom is -0.368 e. The third-order valence-corrected chi connectivity index (χ3v) is 4.15. The maximum atomic E-state index is 5.71. The molecule has 2 aromatic heterocycles. The van der Waals surface area contributed by atoms with E-state index >= 15 is 0 Å². The lowest BCUT2D eigenvalue weighted by Crippen LogP contribution is -2.25. The van der Waals surface area contributed by atoms with E-state index < -0.39 is 5.60 Å². The van der Waals surface area contributed by atoms with Crippen LogP contribution in [0.25, 0.3) is 10.2 Å². The number of nitrogens with zero attached hydrogens (tertiary/aromatic N) is 2. The second-order valence-corrected chi connectivity index (χ2v) is 5.88. The smallest absolute Gasteiger partial charge is 0.163 e. The number of aryl methyl sites for hydroxylation is 1. The van der Waals surface area contributed by atoms with Crippen molar-refractivity contribution in [3.8, 4) is 0 Å². The van der Waals surface area contributed by atoms with Gasteiger partial charge in [-0.15, -0.1) is 11.3 Å². The zero-order chi connectivity index (χ0) is 14.0. The SMILES string of the molecule is CCOC(C)(C)c1nc(NN)c2cc(CC)sc2n1. The molecule has 2 heterocycles. The number of ether oxygens (including phenoxy) is 1. The summed E-state index contributed by atoms with van der Waals surface area (Å²) >= 11 is 1.67. The molecule has 0 aromatic carbocycles. The fraction of sp³-hybridized carbons (Fsp3) is 0.538. The van der Waals surface area contributed by atoms with E-state index in [1.54, 1.807) is 11.3 Å². The largest absolute Gasteiger partial charge is 0.368 e. The van der Waals surface area contributed by atoms with Gasteiger partial charge in [-0.1, -0.05) is 6.92 Å². The minimum atomic E-state index is -0.523. The fourth-order valence-electron chi connectivity index (χ4n) is 1.95. The summed E-state index contributed by atoms with van der Waals surface area (Å²) in [4.78, 5) is 11.3. The van der Waals surface area contributed by atoms with Crippen molar-refractivity contribution in [2.24, 2.45) is 5.84 Å². The molecule has 0 fully saturated rings. The van der Waals surface area contributed by atoms with Gasteiger partial charge in [0.25, 0.3) is 0 Å². The van der Waals surface area contributed by atoms with Gasteiger partial charge in [-0.25, -0.2) is 15.8 Å². The molecule has 0 aliphatic rings.